The van der Waals surface area contributed by atoms with Gasteiger partial charge >= 0.3 is 6.18 Å². The highest BCUT2D eigenvalue weighted by molar-refractivity contribution is 6.08. The number of aryl methyl sites for hydroxylation is 1. The SMILES string of the molecule is Cc1ncc(CCN(C)C)cc1Nc1ncc2c(n1)C1=C(CC=C(C(F)(F)F)C=N1)C(=O)C2. The Labute approximate surface area is 189 Å². The van der Waals surface area contributed by atoms with Crippen LogP contribution >= 0.6 is 0 Å². The van der Waals surface area contributed by atoms with Crippen molar-refractivity contribution in [2.45, 2.75) is 32.4 Å². The fourth-order valence-corrected chi connectivity index (χ4v) is 3.61. The molecule has 3 heterocycles. The first-order valence-electron chi connectivity index (χ1n) is 10.4. The molecule has 0 aromatic carbocycles. The van der Waals surface area contributed by atoms with Crippen LogP contribution in [0.25, 0.3) is 5.70 Å². The van der Waals surface area contributed by atoms with Crippen LogP contribution < -0.4 is 5.32 Å². The highest BCUT2D eigenvalue weighted by Gasteiger charge is 2.35. The standard InChI is InChI=1S/C23H23F3N6O/c1-13-18(8-14(10-27-13)6-7-32(2)3)30-22-29-11-15-9-19(33)17-5-4-16(23(24,25)26)12-28-21(17)20(15)31-22/h4,8,10-12H,5-7,9H2,1-3H3,(H,29,30,31). The van der Waals surface area contributed by atoms with E-state index in [2.05, 4.69) is 30.2 Å². The summed E-state index contributed by atoms with van der Waals surface area (Å²) in [5, 5.41) is 3.16. The molecule has 0 saturated heterocycles. The lowest BCUT2D eigenvalue weighted by Crippen LogP contribution is -2.17. The van der Waals surface area contributed by atoms with Gasteiger partial charge in [-0.15, -0.1) is 0 Å². The van der Waals surface area contributed by atoms with Crippen molar-refractivity contribution in [3.8, 4) is 0 Å². The molecule has 0 radical (unpaired) electrons. The molecule has 7 nitrogen and oxygen atoms in total. The zero-order chi connectivity index (χ0) is 23.8. The van der Waals surface area contributed by atoms with Crippen LogP contribution in [0.4, 0.5) is 24.8 Å². The third-order valence-corrected chi connectivity index (χ3v) is 5.49. The molecule has 10 heteroatoms. The summed E-state index contributed by atoms with van der Waals surface area (Å²) >= 11 is 0. The summed E-state index contributed by atoms with van der Waals surface area (Å²) in [5.41, 5.74) is 2.95. The Morgan fingerprint density at radius 3 is 2.70 bits per heavy atom. The van der Waals surface area contributed by atoms with E-state index in [9.17, 15) is 18.0 Å². The maximum absolute atomic E-state index is 13.2. The van der Waals surface area contributed by atoms with Crippen LogP contribution in [0.3, 0.4) is 0 Å². The number of hydrogen-bond acceptors (Lipinski definition) is 7. The van der Waals surface area contributed by atoms with Crippen LogP contribution in [-0.2, 0) is 17.6 Å². The molecule has 0 amide bonds. The van der Waals surface area contributed by atoms with Crippen molar-refractivity contribution in [2.75, 3.05) is 26.0 Å². The van der Waals surface area contributed by atoms with Gasteiger partial charge in [0.15, 0.2) is 5.78 Å². The number of carbonyl (C=O) groups excluding carboxylic acids is 1. The van der Waals surface area contributed by atoms with Gasteiger partial charge in [-0.1, -0.05) is 6.08 Å². The average Bonchev–Trinajstić information content (AvgIpc) is 2.99. The summed E-state index contributed by atoms with van der Waals surface area (Å²) in [6.07, 6.45) is 1.25. The topological polar surface area (TPSA) is 83.4 Å². The Morgan fingerprint density at radius 2 is 1.97 bits per heavy atom. The van der Waals surface area contributed by atoms with Gasteiger partial charge in [-0.2, -0.15) is 13.2 Å². The number of nitrogens with one attached hydrogen (secondary N) is 1. The maximum atomic E-state index is 13.2. The molecule has 4 rings (SSSR count). The predicted molar refractivity (Wildman–Crippen MR) is 119 cm³/mol. The summed E-state index contributed by atoms with van der Waals surface area (Å²) in [7, 11) is 4.00. The Hall–Kier alpha value is -3.40. The quantitative estimate of drug-likeness (QED) is 0.737. The molecule has 1 aliphatic heterocycles. The fraction of sp³-hybridized carbons (Fsp3) is 0.348. The molecule has 2 aromatic heterocycles. The molecule has 0 fully saturated rings. The van der Waals surface area contributed by atoms with E-state index in [1.54, 1.807) is 0 Å². The maximum Gasteiger partial charge on any atom is 0.417 e. The summed E-state index contributed by atoms with van der Waals surface area (Å²) in [5.74, 6) is -0.0136. The highest BCUT2D eigenvalue weighted by atomic mass is 19.4. The summed E-state index contributed by atoms with van der Waals surface area (Å²) in [4.78, 5) is 31.9. The van der Waals surface area contributed by atoms with E-state index in [-0.39, 0.29) is 35.8 Å². The molecular formula is C23H23F3N6O. The zero-order valence-electron chi connectivity index (χ0n) is 18.5. The lowest BCUT2D eigenvalue weighted by molar-refractivity contribution is -0.115. The Balaban J connectivity index is 1.65. The number of halogens is 3. The van der Waals surface area contributed by atoms with Gasteiger partial charge in [-0.3, -0.25) is 14.8 Å². The molecule has 0 spiro atoms. The number of aromatic nitrogens is 3. The van der Waals surface area contributed by atoms with Crippen molar-refractivity contribution in [1.29, 1.82) is 0 Å². The number of ketones is 1. The minimum Gasteiger partial charge on any atom is -0.323 e. The number of nitrogens with zero attached hydrogens (tertiary/aromatic N) is 5. The molecule has 0 unspecified atom stereocenters. The van der Waals surface area contributed by atoms with Crippen molar-refractivity contribution in [2.24, 2.45) is 4.99 Å². The Morgan fingerprint density at radius 1 is 1.18 bits per heavy atom. The Kier molecular flexibility index (Phi) is 6.11. The number of Topliss-reactive ketones (excluding diaryl/α,β-unsaturated/α-hetero) is 1. The van der Waals surface area contributed by atoms with Gasteiger partial charge in [-0.25, -0.2) is 9.97 Å². The van der Waals surface area contributed by atoms with Crippen LogP contribution in [0.1, 0.15) is 28.9 Å². The molecule has 33 heavy (non-hydrogen) atoms. The van der Waals surface area contributed by atoms with E-state index in [1.807, 2.05) is 33.3 Å². The smallest absolute Gasteiger partial charge is 0.323 e. The van der Waals surface area contributed by atoms with Crippen molar-refractivity contribution >= 4 is 29.3 Å². The number of allylic oxidation sites excluding steroid dienone is 3. The minimum atomic E-state index is -4.54. The molecule has 2 aliphatic rings. The first kappa shape index (κ1) is 22.8. The summed E-state index contributed by atoms with van der Waals surface area (Å²) in [6, 6.07) is 1.98. The van der Waals surface area contributed by atoms with Crippen LogP contribution in [-0.4, -0.2) is 58.7 Å². The number of carbonyl (C=O) groups is 1. The molecule has 172 valence electrons. The number of hydrogen-bond donors (Lipinski definition) is 1. The lowest BCUT2D eigenvalue weighted by atomic mass is 9.91. The second kappa shape index (κ2) is 8.86. The van der Waals surface area contributed by atoms with E-state index in [4.69, 9.17) is 0 Å². The second-order valence-electron chi connectivity index (χ2n) is 8.27. The molecule has 0 bridgehead atoms. The summed E-state index contributed by atoms with van der Waals surface area (Å²) < 4.78 is 39.5. The van der Waals surface area contributed by atoms with Gasteiger partial charge in [0.25, 0.3) is 0 Å². The largest absolute Gasteiger partial charge is 0.417 e. The van der Waals surface area contributed by atoms with E-state index < -0.39 is 11.7 Å². The number of fused-ring (bicyclic) bond motifs is 2. The van der Waals surface area contributed by atoms with Crippen LogP contribution in [0.15, 0.2) is 40.7 Å². The first-order chi connectivity index (χ1) is 15.6. The molecule has 1 N–H and O–H groups in total. The first-order valence-corrected chi connectivity index (χ1v) is 10.4. The molecule has 0 atom stereocenters. The lowest BCUT2D eigenvalue weighted by Gasteiger charge is -2.18. The van der Waals surface area contributed by atoms with Gasteiger partial charge in [0.1, 0.15) is 0 Å². The van der Waals surface area contributed by atoms with Gasteiger partial charge in [0, 0.05) is 42.7 Å². The highest BCUT2D eigenvalue weighted by Crippen LogP contribution is 2.35. The van der Waals surface area contributed by atoms with Gasteiger partial charge < -0.3 is 10.2 Å². The fourth-order valence-electron chi connectivity index (χ4n) is 3.61. The number of aliphatic imine (C=N–C) groups is 1. The second-order valence-corrected chi connectivity index (χ2v) is 8.27. The van der Waals surface area contributed by atoms with E-state index in [1.165, 1.54) is 6.20 Å². The van der Waals surface area contributed by atoms with Crippen molar-refractivity contribution in [1.82, 2.24) is 19.9 Å². The van der Waals surface area contributed by atoms with Gasteiger partial charge in [0.2, 0.25) is 5.95 Å². The van der Waals surface area contributed by atoms with E-state index >= 15 is 0 Å². The minimum absolute atomic E-state index is 0.0275. The van der Waals surface area contributed by atoms with Gasteiger partial charge in [0.05, 0.1) is 28.3 Å². The van der Waals surface area contributed by atoms with Crippen molar-refractivity contribution in [3.05, 3.63) is 58.2 Å². The van der Waals surface area contributed by atoms with Crippen molar-refractivity contribution < 1.29 is 18.0 Å². The number of pyridine rings is 1. The van der Waals surface area contributed by atoms with Crippen molar-refractivity contribution in [3.63, 3.8) is 0 Å². The number of likely N-dealkylation sites (N-methyl/N-ethyl adjacent to an activating group) is 1. The van der Waals surface area contributed by atoms with Crippen LogP contribution in [0.5, 0.6) is 0 Å². The monoisotopic (exact) mass is 456 g/mol. The normalized spacial score (nSPS) is 15.8. The number of anilines is 2. The third kappa shape index (κ3) is 5.00. The Bertz CT molecular complexity index is 1200. The number of rotatable bonds is 5. The molecule has 0 saturated carbocycles. The predicted octanol–water partition coefficient (Wildman–Crippen LogP) is 3.83. The van der Waals surface area contributed by atoms with Crippen LogP contribution in [0.2, 0.25) is 0 Å². The third-order valence-electron chi connectivity index (χ3n) is 5.49. The molecule has 1 aliphatic carbocycles. The summed E-state index contributed by atoms with van der Waals surface area (Å²) in [6.45, 7) is 2.73. The van der Waals surface area contributed by atoms with E-state index in [0.717, 1.165) is 42.2 Å². The van der Waals surface area contributed by atoms with E-state index in [0.29, 0.717) is 11.3 Å². The molecule has 2 aromatic rings. The zero-order valence-corrected chi connectivity index (χ0v) is 18.5. The number of alkyl halides is 3. The molecular weight excluding hydrogens is 433 g/mol. The van der Waals surface area contributed by atoms with Crippen LogP contribution in [0, 0.1) is 6.92 Å². The van der Waals surface area contributed by atoms with Gasteiger partial charge in [-0.05, 0) is 45.5 Å². The average molecular weight is 456 g/mol.